The third kappa shape index (κ3) is 2.56. The molecule has 0 amide bonds. The van der Waals surface area contributed by atoms with Gasteiger partial charge in [0, 0.05) is 31.3 Å². The van der Waals surface area contributed by atoms with Gasteiger partial charge in [-0.05, 0) is 6.07 Å². The Morgan fingerprint density at radius 1 is 1.22 bits per heavy atom. The normalized spacial score (nSPS) is 10.2. The maximum absolute atomic E-state index is 5.17. The zero-order valence-electron chi connectivity index (χ0n) is 10.8. The first-order valence-corrected chi connectivity index (χ1v) is 5.82. The predicted octanol–water partition coefficient (Wildman–Crippen LogP) is 2.15. The van der Waals surface area contributed by atoms with Crippen molar-refractivity contribution in [2.45, 2.75) is 13.3 Å². The fourth-order valence-electron chi connectivity index (χ4n) is 1.60. The number of aryl methyl sites for hydroxylation is 1. The lowest BCUT2D eigenvalue weighted by Crippen LogP contribution is -2.01. The summed E-state index contributed by atoms with van der Waals surface area (Å²) >= 11 is 0. The van der Waals surface area contributed by atoms with Gasteiger partial charge in [-0.15, -0.1) is 0 Å². The van der Waals surface area contributed by atoms with E-state index < -0.39 is 0 Å². The van der Waals surface area contributed by atoms with Gasteiger partial charge < -0.3 is 10.1 Å². The molecule has 0 aliphatic carbocycles. The quantitative estimate of drug-likeness (QED) is 0.893. The highest BCUT2D eigenvalue weighted by Crippen LogP contribution is 2.22. The molecule has 2 aromatic heterocycles. The molecule has 0 saturated heterocycles. The highest BCUT2D eigenvalue weighted by atomic mass is 16.5. The van der Waals surface area contributed by atoms with Crippen LogP contribution in [0, 0.1) is 0 Å². The summed E-state index contributed by atoms with van der Waals surface area (Å²) in [6, 6.07) is 3.81. The van der Waals surface area contributed by atoms with Crippen molar-refractivity contribution in [3.63, 3.8) is 0 Å². The Bertz CT molecular complexity index is 520. The summed E-state index contributed by atoms with van der Waals surface area (Å²) in [4.78, 5) is 13.0. The first kappa shape index (κ1) is 12.3. The number of nitrogens with zero attached hydrogens (tertiary/aromatic N) is 3. The maximum Gasteiger partial charge on any atom is 0.137 e. The lowest BCUT2D eigenvalue weighted by Gasteiger charge is -2.07. The van der Waals surface area contributed by atoms with Crippen LogP contribution in [-0.4, -0.2) is 29.1 Å². The van der Waals surface area contributed by atoms with Crippen LogP contribution >= 0.6 is 0 Å². The molecule has 18 heavy (non-hydrogen) atoms. The van der Waals surface area contributed by atoms with Crippen molar-refractivity contribution in [2.24, 2.45) is 0 Å². The molecule has 94 valence electrons. The Morgan fingerprint density at radius 2 is 2.06 bits per heavy atom. The molecule has 0 aliphatic heterocycles. The van der Waals surface area contributed by atoms with Crippen LogP contribution in [0.2, 0.25) is 0 Å². The molecule has 0 aliphatic rings. The molecular weight excluding hydrogens is 228 g/mol. The second-order valence-electron chi connectivity index (χ2n) is 3.77. The summed E-state index contributed by atoms with van der Waals surface area (Å²) in [5.41, 5.74) is 1.76. The average Bonchev–Trinajstić information content (AvgIpc) is 2.46. The van der Waals surface area contributed by atoms with Gasteiger partial charge in [-0.3, -0.25) is 4.98 Å². The zero-order valence-corrected chi connectivity index (χ0v) is 10.8. The summed E-state index contributed by atoms with van der Waals surface area (Å²) in [5.74, 6) is 2.33. The molecule has 5 nitrogen and oxygen atoms in total. The van der Waals surface area contributed by atoms with Crippen molar-refractivity contribution in [1.82, 2.24) is 15.0 Å². The Labute approximate surface area is 106 Å². The maximum atomic E-state index is 5.17. The lowest BCUT2D eigenvalue weighted by atomic mass is 10.2. The number of nitrogens with one attached hydrogen (secondary N) is 1. The first-order chi connectivity index (χ1) is 8.76. The molecule has 2 heterocycles. The van der Waals surface area contributed by atoms with Crippen LogP contribution < -0.4 is 10.1 Å². The predicted molar refractivity (Wildman–Crippen MR) is 70.7 cm³/mol. The minimum absolute atomic E-state index is 0.718. The third-order valence-electron chi connectivity index (χ3n) is 2.59. The van der Waals surface area contributed by atoms with E-state index in [4.69, 9.17) is 4.74 Å². The molecule has 0 atom stereocenters. The van der Waals surface area contributed by atoms with E-state index in [1.54, 1.807) is 19.5 Å². The van der Waals surface area contributed by atoms with Gasteiger partial charge in [-0.25, -0.2) is 9.97 Å². The zero-order chi connectivity index (χ0) is 13.0. The van der Waals surface area contributed by atoms with Crippen LogP contribution in [-0.2, 0) is 6.42 Å². The Hall–Kier alpha value is -2.17. The van der Waals surface area contributed by atoms with Gasteiger partial charge in [0.05, 0.1) is 19.0 Å². The van der Waals surface area contributed by atoms with Crippen LogP contribution in [0.4, 0.5) is 5.82 Å². The second-order valence-corrected chi connectivity index (χ2v) is 3.77. The van der Waals surface area contributed by atoms with Crippen molar-refractivity contribution in [2.75, 3.05) is 19.5 Å². The smallest absolute Gasteiger partial charge is 0.137 e. The molecule has 0 fully saturated rings. The molecule has 1 N–H and O–H groups in total. The van der Waals surface area contributed by atoms with E-state index in [1.165, 1.54) is 0 Å². The van der Waals surface area contributed by atoms with E-state index >= 15 is 0 Å². The monoisotopic (exact) mass is 244 g/mol. The van der Waals surface area contributed by atoms with Gasteiger partial charge in [-0.1, -0.05) is 6.92 Å². The van der Waals surface area contributed by atoms with E-state index in [9.17, 15) is 0 Å². The van der Waals surface area contributed by atoms with Crippen LogP contribution in [0.25, 0.3) is 11.3 Å². The molecule has 0 aromatic carbocycles. The number of anilines is 1. The number of rotatable bonds is 4. The van der Waals surface area contributed by atoms with E-state index in [0.29, 0.717) is 0 Å². The Morgan fingerprint density at radius 3 is 2.72 bits per heavy atom. The molecule has 0 saturated carbocycles. The number of aromatic nitrogens is 3. The van der Waals surface area contributed by atoms with E-state index in [1.807, 2.05) is 26.1 Å². The summed E-state index contributed by atoms with van der Waals surface area (Å²) < 4.78 is 5.17. The summed E-state index contributed by atoms with van der Waals surface area (Å²) in [6.07, 6.45) is 4.23. The molecule has 0 unspecified atom stereocenters. The second kappa shape index (κ2) is 5.44. The highest BCUT2D eigenvalue weighted by molar-refractivity contribution is 5.62. The Balaban J connectivity index is 2.48. The largest absolute Gasteiger partial charge is 0.495 e. The number of hydrogen-bond acceptors (Lipinski definition) is 5. The fourth-order valence-corrected chi connectivity index (χ4v) is 1.60. The molecule has 0 bridgehead atoms. The van der Waals surface area contributed by atoms with Crippen molar-refractivity contribution < 1.29 is 4.74 Å². The SMILES string of the molecule is CCc1nc(NC)cc(-c2cncc(OC)c2)n1. The van der Waals surface area contributed by atoms with E-state index in [-0.39, 0.29) is 0 Å². The van der Waals surface area contributed by atoms with Gasteiger partial charge in [0.25, 0.3) is 0 Å². The van der Waals surface area contributed by atoms with Gasteiger partial charge >= 0.3 is 0 Å². The fraction of sp³-hybridized carbons (Fsp3) is 0.308. The number of methoxy groups -OCH3 is 1. The molecule has 2 aromatic rings. The summed E-state index contributed by atoms with van der Waals surface area (Å²) in [7, 11) is 3.46. The van der Waals surface area contributed by atoms with Gasteiger partial charge in [0.2, 0.25) is 0 Å². The average molecular weight is 244 g/mol. The molecular formula is C13H16N4O. The van der Waals surface area contributed by atoms with Gasteiger partial charge in [-0.2, -0.15) is 0 Å². The molecule has 0 radical (unpaired) electrons. The van der Waals surface area contributed by atoms with Crippen molar-refractivity contribution >= 4 is 5.82 Å². The lowest BCUT2D eigenvalue weighted by molar-refractivity contribution is 0.413. The van der Waals surface area contributed by atoms with Crippen LogP contribution in [0.15, 0.2) is 24.5 Å². The molecule has 5 heteroatoms. The van der Waals surface area contributed by atoms with Crippen LogP contribution in [0.5, 0.6) is 5.75 Å². The minimum Gasteiger partial charge on any atom is -0.495 e. The molecule has 2 rings (SSSR count). The van der Waals surface area contributed by atoms with Crippen molar-refractivity contribution in [3.8, 4) is 17.0 Å². The topological polar surface area (TPSA) is 59.9 Å². The third-order valence-corrected chi connectivity index (χ3v) is 2.59. The number of hydrogen-bond donors (Lipinski definition) is 1. The van der Waals surface area contributed by atoms with Crippen LogP contribution in [0.3, 0.4) is 0 Å². The van der Waals surface area contributed by atoms with Crippen LogP contribution in [0.1, 0.15) is 12.7 Å². The van der Waals surface area contributed by atoms with Crippen molar-refractivity contribution in [1.29, 1.82) is 0 Å². The standard InChI is InChI=1S/C13H16N4O/c1-4-12-16-11(6-13(14-2)17-12)9-5-10(18-3)8-15-7-9/h5-8H,4H2,1-3H3,(H,14,16,17). The van der Waals surface area contributed by atoms with Gasteiger partial charge in [0.15, 0.2) is 0 Å². The number of pyridine rings is 1. The van der Waals surface area contributed by atoms with E-state index in [2.05, 4.69) is 20.3 Å². The number of ether oxygens (including phenoxy) is 1. The molecule has 0 spiro atoms. The highest BCUT2D eigenvalue weighted by Gasteiger charge is 2.06. The summed E-state index contributed by atoms with van der Waals surface area (Å²) in [6.45, 7) is 2.03. The van der Waals surface area contributed by atoms with Crippen molar-refractivity contribution in [3.05, 3.63) is 30.4 Å². The van der Waals surface area contributed by atoms with E-state index in [0.717, 1.165) is 35.1 Å². The minimum atomic E-state index is 0.718. The first-order valence-electron chi connectivity index (χ1n) is 5.82. The van der Waals surface area contributed by atoms with Gasteiger partial charge in [0.1, 0.15) is 17.4 Å². The Kier molecular flexibility index (Phi) is 3.72. The summed E-state index contributed by atoms with van der Waals surface area (Å²) in [5, 5.41) is 3.04.